The first-order chi connectivity index (χ1) is 10.1. The van der Waals surface area contributed by atoms with Crippen LogP contribution in [0.25, 0.3) is 0 Å². The first-order valence-corrected chi connectivity index (χ1v) is 8.25. The summed E-state index contributed by atoms with van der Waals surface area (Å²) in [6.45, 7) is 6.26. The van der Waals surface area contributed by atoms with Crippen molar-refractivity contribution in [2.75, 3.05) is 0 Å². The standard InChI is InChI=1S/C18H28N2O/c1-4-5-6-15-7-9-16(10-8-15)13(2)19-14(3)18(21)20-17-11-12-17/h7-10,13-14,17,19H,4-6,11-12H2,1-3H3,(H,20,21). The summed E-state index contributed by atoms with van der Waals surface area (Å²) in [5, 5.41) is 6.42. The van der Waals surface area contributed by atoms with Crippen LogP contribution in [-0.4, -0.2) is 18.0 Å². The predicted octanol–water partition coefficient (Wildman–Crippen LogP) is 3.35. The Labute approximate surface area is 128 Å². The highest BCUT2D eigenvalue weighted by Crippen LogP contribution is 2.19. The van der Waals surface area contributed by atoms with E-state index in [4.69, 9.17) is 0 Å². The minimum Gasteiger partial charge on any atom is -0.352 e. The van der Waals surface area contributed by atoms with Crippen LogP contribution in [0.15, 0.2) is 24.3 Å². The maximum atomic E-state index is 12.0. The molecule has 2 N–H and O–H groups in total. The molecule has 1 aromatic carbocycles. The van der Waals surface area contributed by atoms with Crippen molar-refractivity contribution in [2.24, 2.45) is 0 Å². The molecule has 0 aromatic heterocycles. The molecule has 3 heteroatoms. The lowest BCUT2D eigenvalue weighted by Gasteiger charge is -2.20. The van der Waals surface area contributed by atoms with E-state index in [1.54, 1.807) is 0 Å². The van der Waals surface area contributed by atoms with Gasteiger partial charge in [0.1, 0.15) is 0 Å². The summed E-state index contributed by atoms with van der Waals surface area (Å²) in [4.78, 5) is 12.0. The summed E-state index contributed by atoms with van der Waals surface area (Å²) in [7, 11) is 0. The lowest BCUT2D eigenvalue weighted by atomic mass is 10.0. The molecule has 1 aliphatic carbocycles. The zero-order chi connectivity index (χ0) is 15.2. The molecule has 0 bridgehead atoms. The Morgan fingerprint density at radius 3 is 2.48 bits per heavy atom. The SMILES string of the molecule is CCCCc1ccc(C(C)NC(C)C(=O)NC2CC2)cc1. The largest absolute Gasteiger partial charge is 0.352 e. The van der Waals surface area contributed by atoms with Gasteiger partial charge in [-0.05, 0) is 50.7 Å². The fraction of sp³-hybridized carbons (Fsp3) is 0.611. The normalized spacial score (nSPS) is 17.3. The molecule has 3 nitrogen and oxygen atoms in total. The molecule has 0 aliphatic heterocycles. The van der Waals surface area contributed by atoms with Crippen molar-refractivity contribution < 1.29 is 4.79 Å². The molecule has 116 valence electrons. The fourth-order valence-corrected chi connectivity index (χ4v) is 2.45. The van der Waals surface area contributed by atoms with E-state index >= 15 is 0 Å². The third-order valence-electron chi connectivity index (χ3n) is 4.12. The summed E-state index contributed by atoms with van der Waals surface area (Å²) >= 11 is 0. The molecule has 0 saturated heterocycles. The molecule has 2 unspecified atom stereocenters. The van der Waals surface area contributed by atoms with E-state index in [0.717, 1.165) is 19.3 Å². The quantitative estimate of drug-likeness (QED) is 0.770. The molecule has 1 aliphatic rings. The molecule has 0 radical (unpaired) electrons. The summed E-state index contributed by atoms with van der Waals surface area (Å²) in [5.74, 6) is 0.115. The second kappa shape index (κ2) is 7.60. The highest BCUT2D eigenvalue weighted by Gasteiger charge is 2.26. The molecule has 2 rings (SSSR count). The van der Waals surface area contributed by atoms with Crippen LogP contribution in [0.2, 0.25) is 0 Å². The number of carbonyl (C=O) groups is 1. The number of nitrogens with one attached hydrogen (secondary N) is 2. The average molecular weight is 288 g/mol. The number of aryl methyl sites for hydroxylation is 1. The van der Waals surface area contributed by atoms with E-state index in [9.17, 15) is 4.79 Å². The van der Waals surface area contributed by atoms with Gasteiger partial charge in [-0.25, -0.2) is 0 Å². The molecule has 0 spiro atoms. The molecular formula is C18H28N2O. The second-order valence-electron chi connectivity index (χ2n) is 6.24. The Morgan fingerprint density at radius 2 is 1.90 bits per heavy atom. The van der Waals surface area contributed by atoms with Crippen molar-refractivity contribution in [3.63, 3.8) is 0 Å². The number of hydrogen-bond donors (Lipinski definition) is 2. The number of amides is 1. The number of carbonyl (C=O) groups excluding carboxylic acids is 1. The molecule has 2 atom stereocenters. The van der Waals surface area contributed by atoms with Gasteiger partial charge in [-0.2, -0.15) is 0 Å². The summed E-state index contributed by atoms with van der Waals surface area (Å²) in [6.07, 6.45) is 5.89. The highest BCUT2D eigenvalue weighted by atomic mass is 16.2. The molecule has 0 heterocycles. The third-order valence-corrected chi connectivity index (χ3v) is 4.12. The van der Waals surface area contributed by atoms with Crippen molar-refractivity contribution in [1.82, 2.24) is 10.6 Å². The maximum absolute atomic E-state index is 12.0. The van der Waals surface area contributed by atoms with Crippen LogP contribution in [-0.2, 0) is 11.2 Å². The smallest absolute Gasteiger partial charge is 0.237 e. The first kappa shape index (κ1) is 16.0. The van der Waals surface area contributed by atoms with Crippen LogP contribution in [0.5, 0.6) is 0 Å². The summed E-state index contributed by atoms with van der Waals surface area (Å²) in [5.41, 5.74) is 2.63. The number of hydrogen-bond acceptors (Lipinski definition) is 2. The Hall–Kier alpha value is -1.35. The Morgan fingerprint density at radius 1 is 1.24 bits per heavy atom. The van der Waals surface area contributed by atoms with E-state index in [0.29, 0.717) is 6.04 Å². The minimum absolute atomic E-state index is 0.115. The van der Waals surface area contributed by atoms with Crippen LogP contribution >= 0.6 is 0 Å². The van der Waals surface area contributed by atoms with Crippen molar-refractivity contribution in [3.05, 3.63) is 35.4 Å². The van der Waals surface area contributed by atoms with E-state index in [-0.39, 0.29) is 18.0 Å². The van der Waals surface area contributed by atoms with Gasteiger partial charge in [0.05, 0.1) is 6.04 Å². The first-order valence-electron chi connectivity index (χ1n) is 8.25. The Balaban J connectivity index is 1.83. The number of benzene rings is 1. The lowest BCUT2D eigenvalue weighted by molar-refractivity contribution is -0.123. The van der Waals surface area contributed by atoms with E-state index in [1.165, 1.54) is 24.0 Å². The van der Waals surface area contributed by atoms with Gasteiger partial charge in [0.25, 0.3) is 0 Å². The Kier molecular flexibility index (Phi) is 5.80. The maximum Gasteiger partial charge on any atom is 0.237 e. The third kappa shape index (κ3) is 5.16. The van der Waals surface area contributed by atoms with E-state index in [2.05, 4.69) is 48.7 Å². The van der Waals surface area contributed by atoms with Gasteiger partial charge in [0.2, 0.25) is 5.91 Å². The number of rotatable bonds is 8. The van der Waals surface area contributed by atoms with Crippen LogP contribution in [0.3, 0.4) is 0 Å². The van der Waals surface area contributed by atoms with Crippen LogP contribution < -0.4 is 10.6 Å². The predicted molar refractivity (Wildman–Crippen MR) is 87.2 cm³/mol. The van der Waals surface area contributed by atoms with Gasteiger partial charge in [0.15, 0.2) is 0 Å². The van der Waals surface area contributed by atoms with Crippen molar-refractivity contribution >= 4 is 5.91 Å². The van der Waals surface area contributed by atoms with Gasteiger partial charge in [0, 0.05) is 12.1 Å². The molecular weight excluding hydrogens is 260 g/mol. The van der Waals surface area contributed by atoms with Crippen LogP contribution in [0.1, 0.15) is 63.6 Å². The molecule has 21 heavy (non-hydrogen) atoms. The number of unbranched alkanes of at least 4 members (excludes halogenated alkanes) is 1. The highest BCUT2D eigenvalue weighted by molar-refractivity contribution is 5.81. The van der Waals surface area contributed by atoms with Gasteiger partial charge in [-0.1, -0.05) is 37.6 Å². The van der Waals surface area contributed by atoms with Gasteiger partial charge in [-0.15, -0.1) is 0 Å². The fourth-order valence-electron chi connectivity index (χ4n) is 2.45. The van der Waals surface area contributed by atoms with Gasteiger partial charge >= 0.3 is 0 Å². The second-order valence-corrected chi connectivity index (χ2v) is 6.24. The van der Waals surface area contributed by atoms with Crippen molar-refractivity contribution in [1.29, 1.82) is 0 Å². The topological polar surface area (TPSA) is 41.1 Å². The van der Waals surface area contributed by atoms with Crippen molar-refractivity contribution in [2.45, 2.75) is 71.0 Å². The zero-order valence-electron chi connectivity index (χ0n) is 13.5. The van der Waals surface area contributed by atoms with E-state index < -0.39 is 0 Å². The van der Waals surface area contributed by atoms with E-state index in [1.807, 2.05) is 6.92 Å². The Bertz CT molecular complexity index is 451. The molecule has 1 saturated carbocycles. The zero-order valence-corrected chi connectivity index (χ0v) is 13.5. The van der Waals surface area contributed by atoms with Crippen molar-refractivity contribution in [3.8, 4) is 0 Å². The monoisotopic (exact) mass is 288 g/mol. The summed E-state index contributed by atoms with van der Waals surface area (Å²) < 4.78 is 0. The average Bonchev–Trinajstić information content (AvgIpc) is 3.29. The summed E-state index contributed by atoms with van der Waals surface area (Å²) in [6, 6.07) is 9.22. The minimum atomic E-state index is -0.152. The van der Waals surface area contributed by atoms with Gasteiger partial charge in [-0.3, -0.25) is 10.1 Å². The van der Waals surface area contributed by atoms with Crippen LogP contribution in [0.4, 0.5) is 0 Å². The molecule has 1 fully saturated rings. The van der Waals surface area contributed by atoms with Gasteiger partial charge < -0.3 is 5.32 Å². The molecule has 1 aromatic rings. The molecule has 1 amide bonds. The lowest BCUT2D eigenvalue weighted by Crippen LogP contribution is -2.43. The van der Waals surface area contributed by atoms with Crippen LogP contribution in [0, 0.1) is 0 Å².